The van der Waals surface area contributed by atoms with Crippen molar-refractivity contribution in [2.45, 2.75) is 50.7 Å². The smallest absolute Gasteiger partial charge is 0.225 e. The first-order valence-electron chi connectivity index (χ1n) is 11.7. The maximum Gasteiger partial charge on any atom is 0.225 e. The Morgan fingerprint density at radius 1 is 1.06 bits per heavy atom. The number of hydrogen-bond acceptors (Lipinski definition) is 8. The van der Waals surface area contributed by atoms with Crippen LogP contribution in [0.1, 0.15) is 42.2 Å². The maximum absolute atomic E-state index is 12.8. The molecule has 1 aliphatic heterocycles. The van der Waals surface area contributed by atoms with Gasteiger partial charge in [0, 0.05) is 37.3 Å². The predicted molar refractivity (Wildman–Crippen MR) is 131 cm³/mol. The first-order valence-corrected chi connectivity index (χ1v) is 12.6. The zero-order valence-corrected chi connectivity index (χ0v) is 19.9. The number of amides is 1. The van der Waals surface area contributed by atoms with Gasteiger partial charge in [-0.1, -0.05) is 6.07 Å². The molecule has 0 radical (unpaired) electrons. The molecule has 2 aliphatic rings. The van der Waals surface area contributed by atoms with E-state index in [1.165, 1.54) is 0 Å². The van der Waals surface area contributed by atoms with Crippen molar-refractivity contribution in [3.8, 4) is 10.6 Å². The van der Waals surface area contributed by atoms with Crippen molar-refractivity contribution in [2.24, 2.45) is 5.92 Å². The molecule has 1 amide bonds. The summed E-state index contributed by atoms with van der Waals surface area (Å²) < 4.78 is 0. The summed E-state index contributed by atoms with van der Waals surface area (Å²) in [6.45, 7) is 2.49. The van der Waals surface area contributed by atoms with E-state index in [2.05, 4.69) is 10.3 Å². The molecular formula is C25H29N5O3S. The second-order valence-corrected chi connectivity index (χ2v) is 10.3. The molecule has 0 aromatic carbocycles. The lowest BCUT2D eigenvalue weighted by Gasteiger charge is -2.29. The molecule has 1 saturated heterocycles. The maximum atomic E-state index is 12.8. The average Bonchev–Trinajstić information content (AvgIpc) is 3.46. The molecule has 2 fully saturated rings. The number of β-amino-alcohol motifs (C(OH)–C–C–N with tert-alkyl or cyclic N) is 2. The lowest BCUT2D eigenvalue weighted by atomic mass is 9.81. The van der Waals surface area contributed by atoms with E-state index < -0.39 is 12.2 Å². The van der Waals surface area contributed by atoms with Crippen LogP contribution in [0.3, 0.4) is 0 Å². The predicted octanol–water partition coefficient (Wildman–Crippen LogP) is 3.49. The fourth-order valence-electron chi connectivity index (χ4n) is 4.77. The summed E-state index contributed by atoms with van der Waals surface area (Å²) in [5.41, 5.74) is 2.00. The van der Waals surface area contributed by atoms with Gasteiger partial charge in [-0.3, -0.25) is 4.79 Å². The molecule has 2 atom stereocenters. The third-order valence-corrected chi connectivity index (χ3v) is 7.88. The second-order valence-electron chi connectivity index (χ2n) is 9.24. The lowest BCUT2D eigenvalue weighted by Crippen LogP contribution is -2.36. The number of aliphatic hydroxyl groups excluding tert-OH is 2. The molecule has 1 saturated carbocycles. The Hall–Kier alpha value is -2.88. The highest BCUT2D eigenvalue weighted by atomic mass is 32.1. The van der Waals surface area contributed by atoms with Gasteiger partial charge >= 0.3 is 0 Å². The van der Waals surface area contributed by atoms with E-state index in [1.54, 1.807) is 22.4 Å². The van der Waals surface area contributed by atoms with Crippen LogP contribution in [0.15, 0.2) is 42.7 Å². The number of carbonyl (C=O) groups is 1. The molecule has 0 bridgehead atoms. The molecule has 0 spiro atoms. The minimum Gasteiger partial charge on any atom is -0.388 e. The third-order valence-electron chi connectivity index (χ3n) is 6.69. The van der Waals surface area contributed by atoms with Gasteiger partial charge in [0.15, 0.2) is 0 Å². The van der Waals surface area contributed by atoms with E-state index in [-0.39, 0.29) is 24.9 Å². The normalized spacial score (nSPS) is 24.9. The van der Waals surface area contributed by atoms with Crippen molar-refractivity contribution >= 4 is 28.9 Å². The molecule has 3 aromatic rings. The Balaban J connectivity index is 1.21. The van der Waals surface area contributed by atoms with Crippen molar-refractivity contribution in [1.29, 1.82) is 0 Å². The molecule has 9 heteroatoms. The van der Waals surface area contributed by atoms with Crippen molar-refractivity contribution in [2.75, 3.05) is 18.4 Å². The molecule has 5 rings (SSSR count). The molecule has 178 valence electrons. The van der Waals surface area contributed by atoms with Crippen LogP contribution in [0.25, 0.3) is 10.6 Å². The Bertz CT molecular complexity index is 1150. The summed E-state index contributed by atoms with van der Waals surface area (Å²) >= 11 is 1.67. The largest absolute Gasteiger partial charge is 0.388 e. The Morgan fingerprint density at radius 3 is 2.56 bits per heavy atom. The standard InChI is InChI=1S/C25H29N5O3S/c1-15-9-10-26-23(11-15)29-22-4-2-3-18(28-22)21-12-27-24(34-21)16-5-7-17(8-6-16)25(33)30-13-19(31)20(32)14-30/h2-4,9-12,16-17,19-20,31-32H,5-8,13-14H2,1H3,(H,26,28,29)/t16-,17-,19-,20+. The highest BCUT2D eigenvalue weighted by molar-refractivity contribution is 7.15. The van der Waals surface area contributed by atoms with E-state index in [1.807, 2.05) is 43.5 Å². The van der Waals surface area contributed by atoms with Crippen molar-refractivity contribution in [1.82, 2.24) is 19.9 Å². The first kappa shape index (κ1) is 22.9. The molecule has 1 aliphatic carbocycles. The Kier molecular flexibility index (Phi) is 6.58. The van der Waals surface area contributed by atoms with Gasteiger partial charge in [0.1, 0.15) is 11.6 Å². The van der Waals surface area contributed by atoms with Crippen molar-refractivity contribution in [3.63, 3.8) is 0 Å². The summed E-state index contributed by atoms with van der Waals surface area (Å²) in [7, 11) is 0. The van der Waals surface area contributed by atoms with E-state index in [9.17, 15) is 15.0 Å². The average molecular weight is 480 g/mol. The van der Waals surface area contributed by atoms with Gasteiger partial charge in [-0.15, -0.1) is 11.3 Å². The quantitative estimate of drug-likeness (QED) is 0.514. The summed E-state index contributed by atoms with van der Waals surface area (Å²) in [6, 6.07) is 9.82. The fourth-order valence-corrected chi connectivity index (χ4v) is 5.82. The van der Waals surface area contributed by atoms with E-state index >= 15 is 0 Å². The highest BCUT2D eigenvalue weighted by Gasteiger charge is 2.37. The number of aliphatic hydroxyl groups is 2. The molecular weight excluding hydrogens is 450 g/mol. The summed E-state index contributed by atoms with van der Waals surface area (Å²) in [6.07, 6.45) is 5.45. The number of anilines is 2. The second kappa shape index (κ2) is 9.77. The van der Waals surface area contributed by atoms with Gasteiger partial charge in [0.2, 0.25) is 5.91 Å². The number of carbonyl (C=O) groups excluding carboxylic acids is 1. The molecule has 3 aromatic heterocycles. The van der Waals surface area contributed by atoms with E-state index in [0.29, 0.717) is 5.92 Å². The van der Waals surface area contributed by atoms with Gasteiger partial charge in [0.05, 0.1) is 27.8 Å². The molecule has 8 nitrogen and oxygen atoms in total. The van der Waals surface area contributed by atoms with Gasteiger partial charge in [-0.05, 0) is 62.4 Å². The van der Waals surface area contributed by atoms with Crippen LogP contribution in [-0.2, 0) is 4.79 Å². The molecule has 4 heterocycles. The number of nitrogens with one attached hydrogen (secondary N) is 1. The lowest BCUT2D eigenvalue weighted by molar-refractivity contribution is -0.136. The number of likely N-dealkylation sites (tertiary alicyclic amines) is 1. The number of pyridine rings is 2. The molecule has 0 unspecified atom stereocenters. The van der Waals surface area contributed by atoms with Crippen LogP contribution in [0.2, 0.25) is 0 Å². The summed E-state index contributed by atoms with van der Waals surface area (Å²) in [5, 5.41) is 23.8. The van der Waals surface area contributed by atoms with Crippen LogP contribution in [-0.4, -0.2) is 61.3 Å². The molecule has 3 N–H and O–H groups in total. The van der Waals surface area contributed by atoms with Crippen molar-refractivity contribution in [3.05, 3.63) is 53.3 Å². The minimum atomic E-state index is -0.829. The summed E-state index contributed by atoms with van der Waals surface area (Å²) in [5.74, 6) is 1.87. The zero-order chi connectivity index (χ0) is 23.7. The SMILES string of the molecule is Cc1ccnc(Nc2cccc(-c3cnc([C@H]4CC[C@H](C(=O)N5C[C@@H](O)[C@@H](O)C5)CC4)s3)n2)c1. The van der Waals surface area contributed by atoms with Gasteiger partial charge in [-0.25, -0.2) is 15.0 Å². The zero-order valence-electron chi connectivity index (χ0n) is 19.1. The number of thiazole rings is 1. The number of aryl methyl sites for hydroxylation is 1. The Morgan fingerprint density at radius 2 is 1.82 bits per heavy atom. The van der Waals surface area contributed by atoms with Crippen LogP contribution in [0.5, 0.6) is 0 Å². The van der Waals surface area contributed by atoms with Gasteiger partial charge in [0.25, 0.3) is 0 Å². The number of aromatic nitrogens is 3. The monoisotopic (exact) mass is 479 g/mol. The van der Waals surface area contributed by atoms with Gasteiger partial charge < -0.3 is 20.4 Å². The summed E-state index contributed by atoms with van der Waals surface area (Å²) in [4.78, 5) is 29.2. The van der Waals surface area contributed by atoms with Gasteiger partial charge in [-0.2, -0.15) is 0 Å². The van der Waals surface area contributed by atoms with Crippen LogP contribution in [0, 0.1) is 12.8 Å². The minimum absolute atomic E-state index is 0.0344. The van der Waals surface area contributed by atoms with E-state index in [0.717, 1.165) is 58.5 Å². The topological polar surface area (TPSA) is 111 Å². The van der Waals surface area contributed by atoms with Crippen LogP contribution in [0.4, 0.5) is 11.6 Å². The van der Waals surface area contributed by atoms with Crippen LogP contribution < -0.4 is 5.32 Å². The number of rotatable bonds is 5. The number of hydrogen-bond donors (Lipinski definition) is 3. The van der Waals surface area contributed by atoms with Crippen molar-refractivity contribution < 1.29 is 15.0 Å². The van der Waals surface area contributed by atoms with E-state index in [4.69, 9.17) is 9.97 Å². The third kappa shape index (κ3) is 4.96. The number of nitrogens with zero attached hydrogens (tertiary/aromatic N) is 4. The van der Waals surface area contributed by atoms with Crippen LogP contribution >= 0.6 is 11.3 Å². The first-order chi connectivity index (χ1) is 16.5. The highest BCUT2D eigenvalue weighted by Crippen LogP contribution is 2.40. The molecule has 34 heavy (non-hydrogen) atoms. The Labute approximate surface area is 202 Å². The fraction of sp³-hybridized carbons (Fsp3) is 0.440.